The van der Waals surface area contributed by atoms with E-state index in [0.717, 1.165) is 19.6 Å². The number of hydrogen-bond donors (Lipinski definition) is 1. The van der Waals surface area contributed by atoms with Gasteiger partial charge in [0, 0.05) is 0 Å². The second-order valence-electron chi connectivity index (χ2n) is 5.51. The molecule has 0 aromatic heterocycles. The number of para-hydroxylation sites is 1. The average Bonchev–Trinajstić information content (AvgIpc) is 2.46. The van der Waals surface area contributed by atoms with Crippen LogP contribution in [0.3, 0.4) is 0 Å². The smallest absolute Gasteiger partial charge is 0.203 e. The number of ether oxygens (including phenoxy) is 4. The van der Waals surface area contributed by atoms with Gasteiger partial charge in [-0.25, -0.2) is 0 Å². The first-order valence-electron chi connectivity index (χ1n) is 7.46. The van der Waals surface area contributed by atoms with Crippen molar-refractivity contribution >= 4 is 0 Å². The fraction of sp³-hybridized carbons (Fsp3) is 0.625. The highest BCUT2D eigenvalue weighted by molar-refractivity contribution is 5.51. The number of methoxy groups -OCH3 is 2. The first kappa shape index (κ1) is 15.9. The number of benzene rings is 1. The summed E-state index contributed by atoms with van der Waals surface area (Å²) < 4.78 is 22.3. The van der Waals surface area contributed by atoms with E-state index in [-0.39, 0.29) is 0 Å². The summed E-state index contributed by atoms with van der Waals surface area (Å²) in [6.07, 6.45) is 0.620. The van der Waals surface area contributed by atoms with Crippen molar-refractivity contribution in [2.24, 2.45) is 0 Å². The van der Waals surface area contributed by atoms with E-state index in [1.165, 1.54) is 4.90 Å². The van der Waals surface area contributed by atoms with Crippen LogP contribution in [0.4, 0.5) is 0 Å². The van der Waals surface area contributed by atoms with Crippen LogP contribution >= 0.6 is 0 Å². The molecule has 0 aliphatic carbocycles. The Morgan fingerprint density at radius 3 is 2.19 bits per heavy atom. The zero-order chi connectivity index (χ0) is 15.2. The van der Waals surface area contributed by atoms with Crippen LogP contribution in [0.2, 0.25) is 0 Å². The van der Waals surface area contributed by atoms with E-state index < -0.39 is 0 Å². The van der Waals surface area contributed by atoms with Crippen molar-refractivity contribution in [3.05, 3.63) is 18.2 Å². The molecule has 0 saturated carbocycles. The minimum atomic E-state index is 0.310. The molecule has 1 aliphatic heterocycles. The standard InChI is InChI=1S/C16H25NO4/c1-12-10-17(11-13(2)21-12)8-9-20-16-14(18-3)6-5-7-15(16)19-4/h5-7,12-13H,8-11H2,1-4H3/p+1/t12-,13-/m1/s1. The largest absolute Gasteiger partial charge is 0.493 e. The molecule has 0 bridgehead atoms. The lowest BCUT2D eigenvalue weighted by atomic mass is 10.2. The van der Waals surface area contributed by atoms with Crippen LogP contribution in [-0.4, -0.2) is 52.7 Å². The Hall–Kier alpha value is -1.46. The number of nitrogens with one attached hydrogen (secondary N) is 1. The topological polar surface area (TPSA) is 41.4 Å². The molecular formula is C16H26NO4+. The number of hydrogen-bond acceptors (Lipinski definition) is 4. The quantitative estimate of drug-likeness (QED) is 0.842. The van der Waals surface area contributed by atoms with E-state index in [2.05, 4.69) is 13.8 Å². The van der Waals surface area contributed by atoms with Gasteiger partial charge in [0.1, 0.15) is 38.4 Å². The van der Waals surface area contributed by atoms with Crippen molar-refractivity contribution in [3.8, 4) is 17.2 Å². The van der Waals surface area contributed by atoms with Gasteiger partial charge in [-0.3, -0.25) is 0 Å². The van der Waals surface area contributed by atoms with Gasteiger partial charge >= 0.3 is 0 Å². The summed E-state index contributed by atoms with van der Waals surface area (Å²) >= 11 is 0. The maximum absolute atomic E-state index is 5.91. The predicted molar refractivity (Wildman–Crippen MR) is 80.6 cm³/mol. The summed E-state index contributed by atoms with van der Waals surface area (Å²) in [6.45, 7) is 7.87. The summed E-state index contributed by atoms with van der Waals surface area (Å²) in [7, 11) is 3.27. The Morgan fingerprint density at radius 2 is 1.67 bits per heavy atom. The monoisotopic (exact) mass is 296 g/mol. The Labute approximate surface area is 126 Å². The third-order valence-electron chi connectivity index (χ3n) is 3.70. The van der Waals surface area contributed by atoms with Gasteiger partial charge in [0.2, 0.25) is 5.75 Å². The van der Waals surface area contributed by atoms with Gasteiger partial charge in [-0.05, 0) is 26.0 Å². The van der Waals surface area contributed by atoms with Crippen LogP contribution in [0.1, 0.15) is 13.8 Å². The second-order valence-corrected chi connectivity index (χ2v) is 5.51. The molecule has 118 valence electrons. The van der Waals surface area contributed by atoms with E-state index in [4.69, 9.17) is 18.9 Å². The van der Waals surface area contributed by atoms with Gasteiger partial charge in [-0.2, -0.15) is 0 Å². The molecule has 0 spiro atoms. The maximum Gasteiger partial charge on any atom is 0.203 e. The third kappa shape index (κ3) is 4.25. The van der Waals surface area contributed by atoms with Crippen molar-refractivity contribution in [1.82, 2.24) is 0 Å². The maximum atomic E-state index is 5.91. The summed E-state index contributed by atoms with van der Waals surface area (Å²) in [6, 6.07) is 5.65. The van der Waals surface area contributed by atoms with Crippen LogP contribution in [-0.2, 0) is 4.74 Å². The molecule has 1 heterocycles. The molecule has 0 unspecified atom stereocenters. The average molecular weight is 296 g/mol. The van der Waals surface area contributed by atoms with E-state index in [1.807, 2.05) is 18.2 Å². The second kappa shape index (κ2) is 7.52. The Balaban J connectivity index is 1.91. The molecule has 2 rings (SSSR count). The van der Waals surface area contributed by atoms with E-state index >= 15 is 0 Å². The summed E-state index contributed by atoms with van der Waals surface area (Å²) in [5.41, 5.74) is 0. The fourth-order valence-electron chi connectivity index (χ4n) is 2.85. The van der Waals surface area contributed by atoms with Crippen LogP contribution in [0.5, 0.6) is 17.2 Å². The zero-order valence-electron chi connectivity index (χ0n) is 13.3. The summed E-state index contributed by atoms with van der Waals surface area (Å²) in [5, 5.41) is 0. The van der Waals surface area contributed by atoms with Crippen LogP contribution < -0.4 is 19.1 Å². The molecule has 1 N–H and O–H groups in total. The normalized spacial score (nSPS) is 25.4. The molecule has 5 heteroatoms. The van der Waals surface area contributed by atoms with Crippen molar-refractivity contribution < 1.29 is 23.8 Å². The van der Waals surface area contributed by atoms with Crippen molar-refractivity contribution in [2.75, 3.05) is 40.5 Å². The van der Waals surface area contributed by atoms with E-state index in [0.29, 0.717) is 36.1 Å². The van der Waals surface area contributed by atoms with Crippen molar-refractivity contribution in [3.63, 3.8) is 0 Å². The fourth-order valence-corrected chi connectivity index (χ4v) is 2.85. The number of quaternary nitrogens is 1. The molecule has 2 atom stereocenters. The van der Waals surface area contributed by atoms with Gasteiger partial charge in [0.05, 0.1) is 14.2 Å². The Kier molecular flexibility index (Phi) is 5.70. The highest BCUT2D eigenvalue weighted by Gasteiger charge is 2.25. The first-order valence-corrected chi connectivity index (χ1v) is 7.46. The predicted octanol–water partition coefficient (Wildman–Crippen LogP) is 0.775. The number of morpholine rings is 1. The van der Waals surface area contributed by atoms with Crippen LogP contribution in [0.25, 0.3) is 0 Å². The molecule has 1 fully saturated rings. The molecule has 1 aromatic carbocycles. The Morgan fingerprint density at radius 1 is 1.10 bits per heavy atom. The van der Waals surface area contributed by atoms with Crippen LogP contribution in [0.15, 0.2) is 18.2 Å². The minimum Gasteiger partial charge on any atom is -0.493 e. The molecule has 1 aliphatic rings. The molecule has 0 amide bonds. The zero-order valence-corrected chi connectivity index (χ0v) is 13.3. The van der Waals surface area contributed by atoms with Crippen LogP contribution in [0, 0.1) is 0 Å². The molecule has 1 saturated heterocycles. The van der Waals surface area contributed by atoms with Gasteiger partial charge in [0.15, 0.2) is 11.5 Å². The summed E-state index contributed by atoms with van der Waals surface area (Å²) in [5.74, 6) is 2.08. The molecule has 0 radical (unpaired) electrons. The molecule has 5 nitrogen and oxygen atoms in total. The Bertz CT molecular complexity index is 420. The van der Waals surface area contributed by atoms with E-state index in [1.54, 1.807) is 14.2 Å². The SMILES string of the molecule is COc1cccc(OC)c1OCC[NH+]1C[C@@H](C)O[C@H](C)C1. The van der Waals surface area contributed by atoms with Gasteiger partial charge < -0.3 is 23.8 Å². The van der Waals surface area contributed by atoms with Crippen molar-refractivity contribution in [2.45, 2.75) is 26.1 Å². The molecular weight excluding hydrogens is 270 g/mol. The lowest BCUT2D eigenvalue weighted by Gasteiger charge is -2.32. The molecule has 1 aromatic rings. The van der Waals surface area contributed by atoms with Gasteiger partial charge in [-0.15, -0.1) is 0 Å². The van der Waals surface area contributed by atoms with Crippen molar-refractivity contribution in [1.29, 1.82) is 0 Å². The first-order chi connectivity index (χ1) is 10.1. The van der Waals surface area contributed by atoms with Gasteiger partial charge in [-0.1, -0.05) is 6.07 Å². The lowest BCUT2D eigenvalue weighted by molar-refractivity contribution is -0.915. The number of rotatable bonds is 6. The third-order valence-corrected chi connectivity index (χ3v) is 3.70. The molecule has 21 heavy (non-hydrogen) atoms. The summed E-state index contributed by atoms with van der Waals surface area (Å²) in [4.78, 5) is 1.51. The van der Waals surface area contributed by atoms with E-state index in [9.17, 15) is 0 Å². The minimum absolute atomic E-state index is 0.310. The highest BCUT2D eigenvalue weighted by Crippen LogP contribution is 2.36. The lowest BCUT2D eigenvalue weighted by Crippen LogP contribution is -3.16. The van der Waals surface area contributed by atoms with Gasteiger partial charge in [0.25, 0.3) is 0 Å². The highest BCUT2D eigenvalue weighted by atomic mass is 16.5.